The van der Waals surface area contributed by atoms with E-state index in [0.717, 1.165) is 18.4 Å². The molecular formula is C17H28O5S. The molecule has 1 aromatic rings. The molecule has 1 atom stereocenters. The fourth-order valence-electron chi connectivity index (χ4n) is 2.32. The van der Waals surface area contributed by atoms with Gasteiger partial charge in [0.1, 0.15) is 0 Å². The summed E-state index contributed by atoms with van der Waals surface area (Å²) in [6.45, 7) is 2.57. The van der Waals surface area contributed by atoms with Crippen molar-refractivity contribution in [1.29, 1.82) is 0 Å². The van der Waals surface area contributed by atoms with E-state index in [9.17, 15) is 13.5 Å². The van der Waals surface area contributed by atoms with Crippen molar-refractivity contribution in [3.8, 4) is 0 Å². The fraction of sp³-hybridized carbons (Fsp3) is 0.647. The molecule has 0 radical (unpaired) electrons. The average Bonchev–Trinajstić information content (AvgIpc) is 2.50. The van der Waals surface area contributed by atoms with E-state index in [-0.39, 0.29) is 4.90 Å². The van der Waals surface area contributed by atoms with Crippen LogP contribution in [-0.2, 0) is 21.3 Å². The molecule has 6 heteroatoms. The van der Waals surface area contributed by atoms with Crippen LogP contribution in [0.3, 0.4) is 0 Å². The molecule has 0 bridgehead atoms. The van der Waals surface area contributed by atoms with Gasteiger partial charge in [-0.1, -0.05) is 51.2 Å². The first-order valence-corrected chi connectivity index (χ1v) is 9.73. The summed E-state index contributed by atoms with van der Waals surface area (Å²) in [5, 5.41) is 9.75. The molecule has 0 spiro atoms. The summed E-state index contributed by atoms with van der Waals surface area (Å²) in [7, 11) is -4.14. The summed E-state index contributed by atoms with van der Waals surface area (Å²) >= 11 is 0. The first kappa shape index (κ1) is 20.1. The first-order valence-electron chi connectivity index (χ1n) is 8.29. The Kier molecular flexibility index (Phi) is 9.40. The van der Waals surface area contributed by atoms with Crippen molar-refractivity contribution in [3.05, 3.63) is 29.8 Å². The first-order chi connectivity index (χ1) is 10.9. The Bertz CT molecular complexity index is 524. The molecule has 0 fully saturated rings. The largest absolute Gasteiger partial charge is 0.368 e. The zero-order valence-corrected chi connectivity index (χ0v) is 14.6. The van der Waals surface area contributed by atoms with E-state index >= 15 is 0 Å². The topological polar surface area (TPSA) is 83.8 Å². The highest BCUT2D eigenvalue weighted by Crippen LogP contribution is 2.12. The van der Waals surface area contributed by atoms with Gasteiger partial charge in [0.05, 0.1) is 11.5 Å². The van der Waals surface area contributed by atoms with Crippen LogP contribution in [0.25, 0.3) is 0 Å². The number of hydrogen-bond donors (Lipinski definition) is 2. The zero-order chi connectivity index (χ0) is 17.1. The minimum atomic E-state index is -4.14. The molecule has 0 aliphatic rings. The Morgan fingerprint density at radius 3 is 2.26 bits per heavy atom. The minimum Gasteiger partial charge on any atom is -0.368 e. The Morgan fingerprint density at radius 1 is 1.04 bits per heavy atom. The van der Waals surface area contributed by atoms with E-state index in [1.165, 1.54) is 37.8 Å². The van der Waals surface area contributed by atoms with Gasteiger partial charge in [0, 0.05) is 0 Å². The Morgan fingerprint density at radius 2 is 1.65 bits per heavy atom. The second-order valence-electron chi connectivity index (χ2n) is 5.75. The summed E-state index contributed by atoms with van der Waals surface area (Å²) < 4.78 is 36.1. The molecule has 0 aromatic heterocycles. The van der Waals surface area contributed by atoms with Crippen LogP contribution in [0.5, 0.6) is 0 Å². The van der Waals surface area contributed by atoms with Crippen LogP contribution in [0.4, 0.5) is 0 Å². The zero-order valence-electron chi connectivity index (χ0n) is 13.8. The van der Waals surface area contributed by atoms with E-state index in [1.54, 1.807) is 12.1 Å². The van der Waals surface area contributed by atoms with Gasteiger partial charge < -0.3 is 9.84 Å². The lowest BCUT2D eigenvalue weighted by atomic mass is 10.1. The summed E-state index contributed by atoms with van der Waals surface area (Å²) in [6.07, 6.45) is 7.55. The van der Waals surface area contributed by atoms with Crippen molar-refractivity contribution >= 4 is 10.1 Å². The van der Waals surface area contributed by atoms with Gasteiger partial charge in [-0.15, -0.1) is 0 Å². The molecule has 5 nitrogen and oxygen atoms in total. The summed E-state index contributed by atoms with van der Waals surface area (Å²) in [6, 6.07) is 5.98. The predicted octanol–water partition coefficient (Wildman–Crippen LogP) is 3.56. The molecule has 0 aliphatic heterocycles. The normalized spacial score (nSPS) is 13.2. The van der Waals surface area contributed by atoms with E-state index < -0.39 is 16.4 Å². The molecule has 1 unspecified atom stereocenters. The number of rotatable bonds is 12. The van der Waals surface area contributed by atoms with E-state index in [4.69, 9.17) is 9.29 Å². The molecule has 1 rings (SSSR count). The van der Waals surface area contributed by atoms with E-state index in [2.05, 4.69) is 6.92 Å². The summed E-state index contributed by atoms with van der Waals surface area (Å²) in [5.74, 6) is 0. The lowest BCUT2D eigenvalue weighted by molar-refractivity contribution is -0.103. The number of aliphatic hydroxyl groups excluding tert-OH is 1. The molecular weight excluding hydrogens is 316 g/mol. The molecule has 0 heterocycles. The van der Waals surface area contributed by atoms with Gasteiger partial charge in [-0.3, -0.25) is 4.55 Å². The summed E-state index contributed by atoms with van der Waals surface area (Å²) in [4.78, 5) is -0.120. The maximum Gasteiger partial charge on any atom is 0.294 e. The van der Waals surface area contributed by atoms with Gasteiger partial charge in [-0.25, -0.2) is 0 Å². The standard InChI is InChI=1S/C17H28O5S/c1-2-3-4-5-6-7-8-17(18)22-14-13-15-9-11-16(12-10-15)23(19,20)21/h9-12,17-18H,2-8,13-14H2,1H3,(H,19,20,21). The lowest BCUT2D eigenvalue weighted by Gasteiger charge is -2.12. The van der Waals surface area contributed by atoms with Crippen LogP contribution in [0.1, 0.15) is 57.4 Å². The third kappa shape index (κ3) is 9.05. The third-order valence-corrected chi connectivity index (χ3v) is 4.59. The SMILES string of the molecule is CCCCCCCCC(O)OCCc1ccc(S(=O)(=O)O)cc1. The Labute approximate surface area is 139 Å². The Hall–Kier alpha value is -0.950. The molecule has 0 saturated heterocycles. The van der Waals surface area contributed by atoms with Crippen molar-refractivity contribution < 1.29 is 22.8 Å². The second kappa shape index (κ2) is 10.8. The van der Waals surface area contributed by atoms with Crippen molar-refractivity contribution in [2.45, 2.75) is 69.5 Å². The van der Waals surface area contributed by atoms with Gasteiger partial charge in [-0.05, 0) is 37.0 Å². The van der Waals surface area contributed by atoms with Gasteiger partial charge >= 0.3 is 0 Å². The molecule has 1 aromatic carbocycles. The molecule has 23 heavy (non-hydrogen) atoms. The number of ether oxygens (including phenoxy) is 1. The van der Waals surface area contributed by atoms with Gasteiger partial charge in [0.15, 0.2) is 6.29 Å². The second-order valence-corrected chi connectivity index (χ2v) is 7.17. The number of aliphatic hydroxyl groups is 1. The number of benzene rings is 1. The van der Waals surface area contributed by atoms with Crippen LogP contribution < -0.4 is 0 Å². The molecule has 0 aliphatic carbocycles. The van der Waals surface area contributed by atoms with Gasteiger partial charge in [-0.2, -0.15) is 8.42 Å². The smallest absolute Gasteiger partial charge is 0.294 e. The monoisotopic (exact) mass is 344 g/mol. The van der Waals surface area contributed by atoms with E-state index in [0.29, 0.717) is 19.4 Å². The minimum absolute atomic E-state index is 0.120. The highest BCUT2D eigenvalue weighted by atomic mass is 32.2. The molecule has 0 saturated carbocycles. The van der Waals surface area contributed by atoms with Crippen molar-refractivity contribution in [3.63, 3.8) is 0 Å². The number of unbranched alkanes of at least 4 members (excludes halogenated alkanes) is 5. The highest BCUT2D eigenvalue weighted by molar-refractivity contribution is 7.85. The maximum absolute atomic E-state index is 10.9. The fourth-order valence-corrected chi connectivity index (χ4v) is 2.80. The lowest BCUT2D eigenvalue weighted by Crippen LogP contribution is -2.13. The molecule has 0 amide bonds. The van der Waals surface area contributed by atoms with Crippen molar-refractivity contribution in [2.75, 3.05) is 6.61 Å². The van der Waals surface area contributed by atoms with Crippen LogP contribution in [-0.4, -0.2) is 31.0 Å². The van der Waals surface area contributed by atoms with Crippen LogP contribution in [0.2, 0.25) is 0 Å². The average molecular weight is 344 g/mol. The van der Waals surface area contributed by atoms with Crippen LogP contribution >= 0.6 is 0 Å². The molecule has 2 N–H and O–H groups in total. The molecule has 132 valence electrons. The van der Waals surface area contributed by atoms with Gasteiger partial charge in [0.2, 0.25) is 0 Å². The van der Waals surface area contributed by atoms with Crippen LogP contribution in [0, 0.1) is 0 Å². The van der Waals surface area contributed by atoms with Crippen LogP contribution in [0.15, 0.2) is 29.2 Å². The van der Waals surface area contributed by atoms with E-state index in [1.807, 2.05) is 0 Å². The quantitative estimate of drug-likeness (QED) is 0.344. The number of hydrogen-bond acceptors (Lipinski definition) is 4. The predicted molar refractivity (Wildman–Crippen MR) is 89.9 cm³/mol. The third-order valence-electron chi connectivity index (χ3n) is 3.73. The maximum atomic E-state index is 10.9. The van der Waals surface area contributed by atoms with Crippen molar-refractivity contribution in [1.82, 2.24) is 0 Å². The Balaban J connectivity index is 2.16. The van der Waals surface area contributed by atoms with Crippen molar-refractivity contribution in [2.24, 2.45) is 0 Å². The highest BCUT2D eigenvalue weighted by Gasteiger charge is 2.09. The van der Waals surface area contributed by atoms with Gasteiger partial charge in [0.25, 0.3) is 10.1 Å². The summed E-state index contributed by atoms with van der Waals surface area (Å²) in [5.41, 5.74) is 0.893.